The maximum absolute atomic E-state index is 12.7. The number of nitrogens with one attached hydrogen (secondary N) is 1. The minimum absolute atomic E-state index is 0.0425. The molecule has 1 fully saturated rings. The summed E-state index contributed by atoms with van der Waals surface area (Å²) in [5.74, 6) is 1.42. The highest BCUT2D eigenvalue weighted by Crippen LogP contribution is 2.43. The van der Waals surface area contributed by atoms with E-state index in [9.17, 15) is 15.0 Å². The largest absolute Gasteiger partial charge is 0.497 e. The Kier molecular flexibility index (Phi) is 9.05. The molecule has 1 aliphatic rings. The first-order valence-electron chi connectivity index (χ1n) is 14.9. The average Bonchev–Trinajstić information content (AvgIpc) is 3.65. The smallest absolute Gasteiger partial charge is 0.280 e. The second-order valence-corrected chi connectivity index (χ2v) is 11.3. The van der Waals surface area contributed by atoms with Gasteiger partial charge < -0.3 is 34.1 Å². The number of aliphatic hydroxyl groups is 2. The standard InChI is InChI=1S/C34H36N6O7/c1-39(2)19-36-33-37-30-27(31(43)38-33)35-20-40(30)32-29(42)28(41)26(47-32)18-46-34(21-8-6-5-7-9-21,22-10-14-24(44-3)15-11-22)23-12-16-25(45-4)17-13-23/h5-17,19-20,26,28-29,32,41-42H,18H2,1-4H3,(H,37,38,43)/t26-,28?,29+,32-/m1/s1. The van der Waals surface area contributed by atoms with Gasteiger partial charge in [0.1, 0.15) is 35.4 Å². The van der Waals surface area contributed by atoms with E-state index >= 15 is 0 Å². The Morgan fingerprint density at radius 2 is 1.53 bits per heavy atom. The Morgan fingerprint density at radius 3 is 2.11 bits per heavy atom. The Labute approximate surface area is 270 Å². The highest BCUT2D eigenvalue weighted by molar-refractivity contribution is 5.71. The van der Waals surface area contributed by atoms with Crippen LogP contribution in [-0.2, 0) is 15.1 Å². The van der Waals surface area contributed by atoms with Crippen LogP contribution < -0.4 is 15.0 Å². The van der Waals surface area contributed by atoms with Crippen molar-refractivity contribution in [2.75, 3.05) is 34.9 Å². The minimum atomic E-state index is -1.39. The van der Waals surface area contributed by atoms with Gasteiger partial charge in [-0.15, -0.1) is 0 Å². The summed E-state index contributed by atoms with van der Waals surface area (Å²) in [4.78, 5) is 29.8. The van der Waals surface area contributed by atoms with Gasteiger partial charge in [0.2, 0.25) is 5.95 Å². The molecule has 2 aromatic heterocycles. The van der Waals surface area contributed by atoms with E-state index in [0.29, 0.717) is 11.5 Å². The molecular formula is C34H36N6O7. The molecule has 1 unspecified atom stereocenters. The molecule has 3 heterocycles. The van der Waals surface area contributed by atoms with Gasteiger partial charge in [-0.1, -0.05) is 54.6 Å². The molecule has 0 radical (unpaired) electrons. The summed E-state index contributed by atoms with van der Waals surface area (Å²) >= 11 is 0. The third kappa shape index (κ3) is 6.09. The van der Waals surface area contributed by atoms with Crippen molar-refractivity contribution in [2.24, 2.45) is 4.99 Å². The molecule has 1 saturated heterocycles. The topological polar surface area (TPSA) is 157 Å². The monoisotopic (exact) mass is 640 g/mol. The van der Waals surface area contributed by atoms with Gasteiger partial charge in [-0.2, -0.15) is 4.98 Å². The van der Waals surface area contributed by atoms with Gasteiger partial charge in [0.25, 0.3) is 5.56 Å². The van der Waals surface area contributed by atoms with E-state index in [1.54, 1.807) is 33.2 Å². The summed E-state index contributed by atoms with van der Waals surface area (Å²) in [5.41, 5.74) is 0.951. The number of methoxy groups -OCH3 is 2. The number of hydrogen-bond acceptors (Lipinski definition) is 10. The number of aliphatic hydroxyl groups excluding tert-OH is 2. The maximum atomic E-state index is 12.7. The van der Waals surface area contributed by atoms with E-state index in [1.807, 2.05) is 78.9 Å². The molecule has 3 aromatic carbocycles. The summed E-state index contributed by atoms with van der Waals surface area (Å²) < 4.78 is 25.4. The van der Waals surface area contributed by atoms with E-state index in [2.05, 4.69) is 19.9 Å². The molecule has 0 amide bonds. The molecule has 0 bridgehead atoms. The van der Waals surface area contributed by atoms with Crippen LogP contribution in [0, 0.1) is 0 Å². The highest BCUT2D eigenvalue weighted by atomic mass is 16.6. The molecule has 47 heavy (non-hydrogen) atoms. The van der Waals surface area contributed by atoms with Gasteiger partial charge in [0.05, 0.1) is 33.5 Å². The minimum Gasteiger partial charge on any atom is -0.497 e. The Morgan fingerprint density at radius 1 is 0.936 bits per heavy atom. The van der Waals surface area contributed by atoms with Gasteiger partial charge in [-0.05, 0) is 41.0 Å². The van der Waals surface area contributed by atoms with E-state index in [-0.39, 0.29) is 23.7 Å². The number of hydrogen-bond donors (Lipinski definition) is 3. The van der Waals surface area contributed by atoms with Crippen LogP contribution in [0.1, 0.15) is 22.9 Å². The van der Waals surface area contributed by atoms with Gasteiger partial charge >= 0.3 is 0 Å². The van der Waals surface area contributed by atoms with E-state index < -0.39 is 35.7 Å². The molecule has 244 valence electrons. The Bertz CT molecular complexity index is 1840. The summed E-state index contributed by atoms with van der Waals surface area (Å²) in [7, 11) is 6.78. The van der Waals surface area contributed by atoms with Crippen molar-refractivity contribution in [3.63, 3.8) is 0 Å². The summed E-state index contributed by atoms with van der Waals surface area (Å²) in [6.07, 6.45) is -1.97. The Balaban J connectivity index is 1.37. The van der Waals surface area contributed by atoms with Crippen molar-refractivity contribution < 1.29 is 29.2 Å². The van der Waals surface area contributed by atoms with E-state index in [4.69, 9.17) is 18.9 Å². The van der Waals surface area contributed by atoms with Crippen molar-refractivity contribution in [3.8, 4) is 11.5 Å². The zero-order chi connectivity index (χ0) is 33.1. The first kappa shape index (κ1) is 31.9. The molecule has 0 saturated carbocycles. The lowest BCUT2D eigenvalue weighted by Crippen LogP contribution is -2.39. The number of benzene rings is 3. The molecule has 13 nitrogen and oxygen atoms in total. The summed E-state index contributed by atoms with van der Waals surface area (Å²) in [6, 6.07) is 24.9. The van der Waals surface area contributed by atoms with Crippen LogP contribution in [-0.4, -0.2) is 94.2 Å². The summed E-state index contributed by atoms with van der Waals surface area (Å²) in [5, 5.41) is 22.5. The van der Waals surface area contributed by atoms with E-state index in [0.717, 1.165) is 16.7 Å². The van der Waals surface area contributed by atoms with Gasteiger partial charge in [0.15, 0.2) is 17.4 Å². The molecule has 0 aliphatic carbocycles. The molecule has 4 atom stereocenters. The zero-order valence-corrected chi connectivity index (χ0v) is 26.3. The van der Waals surface area contributed by atoms with Crippen molar-refractivity contribution in [1.82, 2.24) is 24.4 Å². The first-order chi connectivity index (χ1) is 22.7. The van der Waals surface area contributed by atoms with Gasteiger partial charge in [-0.3, -0.25) is 14.3 Å². The predicted molar refractivity (Wildman–Crippen MR) is 174 cm³/mol. The third-order valence-electron chi connectivity index (χ3n) is 8.08. The molecule has 13 heteroatoms. The number of nitrogens with zero attached hydrogens (tertiary/aromatic N) is 5. The van der Waals surface area contributed by atoms with Crippen LogP contribution in [0.25, 0.3) is 11.2 Å². The number of aliphatic imine (C=N–C) groups is 1. The fourth-order valence-corrected chi connectivity index (χ4v) is 5.71. The number of H-pyrrole nitrogens is 1. The number of aromatic nitrogens is 4. The fraction of sp³-hybridized carbons (Fsp3) is 0.294. The zero-order valence-electron chi connectivity index (χ0n) is 26.3. The van der Waals surface area contributed by atoms with Crippen molar-refractivity contribution in [3.05, 3.63) is 112 Å². The number of aromatic amines is 1. The molecule has 6 rings (SSSR count). The van der Waals surface area contributed by atoms with Crippen LogP contribution in [0.3, 0.4) is 0 Å². The van der Waals surface area contributed by atoms with Crippen LogP contribution in [0.15, 0.2) is 95.0 Å². The number of rotatable bonds is 11. The van der Waals surface area contributed by atoms with Crippen LogP contribution in [0.5, 0.6) is 11.5 Å². The van der Waals surface area contributed by atoms with Crippen molar-refractivity contribution in [1.29, 1.82) is 0 Å². The number of imidazole rings is 1. The lowest BCUT2D eigenvalue weighted by Gasteiger charge is -2.37. The van der Waals surface area contributed by atoms with Crippen molar-refractivity contribution >= 4 is 23.5 Å². The quantitative estimate of drug-likeness (QED) is 0.111. The molecule has 0 spiro atoms. The third-order valence-corrected chi connectivity index (χ3v) is 8.08. The van der Waals surface area contributed by atoms with Crippen LogP contribution in [0.2, 0.25) is 0 Å². The maximum Gasteiger partial charge on any atom is 0.280 e. The number of ether oxygens (including phenoxy) is 4. The fourth-order valence-electron chi connectivity index (χ4n) is 5.71. The average molecular weight is 641 g/mol. The van der Waals surface area contributed by atoms with Gasteiger partial charge in [-0.25, -0.2) is 9.98 Å². The van der Waals surface area contributed by atoms with Gasteiger partial charge in [0, 0.05) is 14.1 Å². The molecule has 5 aromatic rings. The highest BCUT2D eigenvalue weighted by Gasteiger charge is 2.47. The van der Waals surface area contributed by atoms with Crippen molar-refractivity contribution in [2.45, 2.75) is 30.1 Å². The first-order valence-corrected chi connectivity index (χ1v) is 14.9. The Hall–Kier alpha value is -5.08. The molecular weight excluding hydrogens is 604 g/mol. The molecule has 1 aliphatic heterocycles. The predicted octanol–water partition coefficient (Wildman–Crippen LogP) is 2.99. The van der Waals surface area contributed by atoms with E-state index in [1.165, 1.54) is 17.2 Å². The normalized spacial score (nSPS) is 19.8. The second kappa shape index (κ2) is 13.3. The summed E-state index contributed by atoms with van der Waals surface area (Å²) in [6.45, 7) is -0.124. The number of fused-ring (bicyclic) bond motifs is 1. The molecule has 3 N–H and O–H groups in total. The lowest BCUT2D eigenvalue weighted by molar-refractivity contribution is -0.0942. The second-order valence-electron chi connectivity index (χ2n) is 11.3. The lowest BCUT2D eigenvalue weighted by atomic mass is 9.80. The SMILES string of the molecule is COc1ccc(C(OC[C@H]2O[C@@H](n3cnc4c(=O)[nH]c(N=CN(C)C)nc43)[C@@H](O)C2O)(c2ccccc2)c2ccc(OC)cc2)cc1. The van der Waals surface area contributed by atoms with Crippen LogP contribution >= 0.6 is 0 Å². The van der Waals surface area contributed by atoms with Crippen LogP contribution in [0.4, 0.5) is 5.95 Å².